The summed E-state index contributed by atoms with van der Waals surface area (Å²) in [5.41, 5.74) is 6.75. The van der Waals surface area contributed by atoms with Gasteiger partial charge in [0.15, 0.2) is 0 Å². The van der Waals surface area contributed by atoms with Crippen LogP contribution in [0.4, 0.5) is 22.9 Å². The number of amides is 2. The van der Waals surface area contributed by atoms with E-state index in [1.807, 2.05) is 42.2 Å². The summed E-state index contributed by atoms with van der Waals surface area (Å²) in [4.78, 5) is 36.5. The average molecular weight is 472 g/mol. The van der Waals surface area contributed by atoms with Gasteiger partial charge in [-0.25, -0.2) is 9.97 Å². The van der Waals surface area contributed by atoms with Crippen LogP contribution in [0.3, 0.4) is 0 Å². The first-order chi connectivity index (χ1) is 16.9. The Hall–Kier alpha value is -3.74. The number of nitrogens with one attached hydrogen (secondary N) is 2. The number of hydrogen-bond donors (Lipinski definition) is 2. The molecule has 1 aliphatic rings. The first kappa shape index (κ1) is 24.4. The molecule has 3 aromatic rings. The van der Waals surface area contributed by atoms with Crippen molar-refractivity contribution in [3.05, 3.63) is 71.2 Å². The van der Waals surface area contributed by atoms with Gasteiger partial charge in [0.2, 0.25) is 11.8 Å². The van der Waals surface area contributed by atoms with E-state index in [9.17, 15) is 9.59 Å². The number of rotatable bonds is 8. The van der Waals surface area contributed by atoms with E-state index in [1.165, 1.54) is 6.33 Å². The summed E-state index contributed by atoms with van der Waals surface area (Å²) >= 11 is 0. The zero-order valence-electron chi connectivity index (χ0n) is 20.9. The summed E-state index contributed by atoms with van der Waals surface area (Å²) in [6, 6.07) is 13.9. The number of carbonyl (C=O) groups is 2. The van der Waals surface area contributed by atoms with Gasteiger partial charge in [0.1, 0.15) is 12.1 Å². The number of aromatic nitrogens is 2. The third-order valence-electron chi connectivity index (χ3n) is 6.56. The molecule has 1 unspecified atom stereocenters. The highest BCUT2D eigenvalue weighted by Gasteiger charge is 2.36. The Morgan fingerprint density at radius 3 is 2.37 bits per heavy atom. The zero-order chi connectivity index (χ0) is 24.9. The van der Waals surface area contributed by atoms with E-state index in [4.69, 9.17) is 0 Å². The van der Waals surface area contributed by atoms with Crippen LogP contribution in [0.2, 0.25) is 0 Å². The van der Waals surface area contributed by atoms with Crippen LogP contribution in [0.25, 0.3) is 0 Å². The number of anilines is 4. The molecule has 182 valence electrons. The van der Waals surface area contributed by atoms with E-state index in [0.29, 0.717) is 12.4 Å². The van der Waals surface area contributed by atoms with Crippen molar-refractivity contribution in [2.24, 2.45) is 5.92 Å². The van der Waals surface area contributed by atoms with E-state index in [0.717, 1.165) is 58.7 Å². The molecule has 2 amide bonds. The monoisotopic (exact) mass is 471 g/mol. The molecule has 1 fully saturated rings. The molecule has 35 heavy (non-hydrogen) atoms. The second-order valence-electron chi connectivity index (χ2n) is 8.92. The minimum Gasteiger partial charge on any atom is -0.340 e. The molecule has 0 radical (unpaired) electrons. The molecule has 1 atom stereocenters. The summed E-state index contributed by atoms with van der Waals surface area (Å²) < 4.78 is 0. The van der Waals surface area contributed by atoms with Crippen molar-refractivity contribution >= 4 is 34.7 Å². The highest BCUT2D eigenvalue weighted by atomic mass is 16.2. The van der Waals surface area contributed by atoms with Crippen molar-refractivity contribution in [3.8, 4) is 0 Å². The highest BCUT2D eigenvalue weighted by Crippen LogP contribution is 2.33. The minimum atomic E-state index is -0.400. The quantitative estimate of drug-likeness (QED) is 0.471. The van der Waals surface area contributed by atoms with Crippen molar-refractivity contribution in [2.75, 3.05) is 22.1 Å². The Balaban J connectivity index is 1.53. The summed E-state index contributed by atoms with van der Waals surface area (Å²) in [5.74, 6) is 0.170. The maximum absolute atomic E-state index is 13.3. The molecule has 4 rings (SSSR count). The lowest BCUT2D eigenvalue weighted by Crippen LogP contribution is -2.29. The number of carbonyl (C=O) groups excluding carboxylic acids is 2. The lowest BCUT2D eigenvalue weighted by Gasteiger charge is -2.23. The number of aryl methyl sites for hydroxylation is 4. The molecule has 0 bridgehead atoms. The molecule has 0 aliphatic carbocycles. The van der Waals surface area contributed by atoms with E-state index in [2.05, 4.69) is 53.5 Å². The van der Waals surface area contributed by atoms with Gasteiger partial charge in [0.25, 0.3) is 0 Å². The molecule has 1 aliphatic heterocycles. The Kier molecular flexibility index (Phi) is 7.44. The number of para-hydroxylation sites is 1. The fraction of sp³-hybridized carbons (Fsp3) is 0.357. The third-order valence-corrected chi connectivity index (χ3v) is 6.56. The van der Waals surface area contributed by atoms with Crippen LogP contribution in [-0.4, -0.2) is 28.3 Å². The summed E-state index contributed by atoms with van der Waals surface area (Å²) in [7, 11) is 0. The predicted molar refractivity (Wildman–Crippen MR) is 140 cm³/mol. The van der Waals surface area contributed by atoms with Crippen LogP contribution >= 0.6 is 0 Å². The van der Waals surface area contributed by atoms with Crippen molar-refractivity contribution in [1.29, 1.82) is 0 Å². The first-order valence-corrected chi connectivity index (χ1v) is 12.3. The molecule has 2 N–H and O–H groups in total. The molecular formula is C28H33N5O2. The first-order valence-electron chi connectivity index (χ1n) is 12.3. The highest BCUT2D eigenvalue weighted by molar-refractivity contribution is 6.04. The molecule has 7 heteroatoms. The van der Waals surface area contributed by atoms with Crippen LogP contribution in [0.15, 0.2) is 48.8 Å². The van der Waals surface area contributed by atoms with Crippen LogP contribution in [0, 0.1) is 12.8 Å². The fourth-order valence-electron chi connectivity index (χ4n) is 4.65. The van der Waals surface area contributed by atoms with Crippen molar-refractivity contribution < 1.29 is 9.59 Å². The molecule has 1 saturated heterocycles. The van der Waals surface area contributed by atoms with Crippen LogP contribution in [-0.2, 0) is 28.9 Å². The maximum atomic E-state index is 13.3. The van der Waals surface area contributed by atoms with Gasteiger partial charge in [-0.05, 0) is 55.0 Å². The zero-order valence-corrected chi connectivity index (χ0v) is 20.9. The van der Waals surface area contributed by atoms with Crippen LogP contribution < -0.4 is 15.5 Å². The Morgan fingerprint density at radius 2 is 1.71 bits per heavy atom. The maximum Gasteiger partial charge on any atom is 0.229 e. The Morgan fingerprint density at radius 1 is 1.00 bits per heavy atom. The van der Waals surface area contributed by atoms with Gasteiger partial charge in [0, 0.05) is 41.8 Å². The second-order valence-corrected chi connectivity index (χ2v) is 8.92. The van der Waals surface area contributed by atoms with Gasteiger partial charge < -0.3 is 15.5 Å². The second kappa shape index (κ2) is 10.7. The fourth-order valence-corrected chi connectivity index (χ4v) is 4.65. The average Bonchev–Trinajstić information content (AvgIpc) is 3.25. The van der Waals surface area contributed by atoms with Crippen LogP contribution in [0.1, 0.15) is 49.6 Å². The van der Waals surface area contributed by atoms with Gasteiger partial charge in [-0.15, -0.1) is 0 Å². The van der Waals surface area contributed by atoms with Crippen molar-refractivity contribution in [1.82, 2.24) is 9.97 Å². The Labute approximate surface area is 207 Å². The smallest absolute Gasteiger partial charge is 0.229 e. The SMILES string of the molecule is CCc1ccc(Nc2cc(C)ncn2)cc1NC(=O)C1CC(=O)N(c2c(CC)cccc2CC)C1. The number of nitrogens with zero attached hydrogens (tertiary/aromatic N) is 3. The largest absolute Gasteiger partial charge is 0.340 e. The molecule has 0 saturated carbocycles. The van der Waals surface area contributed by atoms with Crippen molar-refractivity contribution in [3.63, 3.8) is 0 Å². The molecular weight excluding hydrogens is 438 g/mol. The van der Waals surface area contributed by atoms with E-state index in [1.54, 1.807) is 0 Å². The van der Waals surface area contributed by atoms with Gasteiger partial charge >= 0.3 is 0 Å². The van der Waals surface area contributed by atoms with E-state index in [-0.39, 0.29) is 18.2 Å². The van der Waals surface area contributed by atoms with E-state index >= 15 is 0 Å². The molecule has 7 nitrogen and oxygen atoms in total. The normalized spacial score (nSPS) is 15.4. The lowest BCUT2D eigenvalue weighted by molar-refractivity contribution is -0.122. The molecule has 1 aromatic heterocycles. The van der Waals surface area contributed by atoms with Gasteiger partial charge in [0.05, 0.1) is 5.92 Å². The molecule has 0 spiro atoms. The number of hydrogen-bond acceptors (Lipinski definition) is 5. The van der Waals surface area contributed by atoms with Crippen LogP contribution in [0.5, 0.6) is 0 Å². The van der Waals surface area contributed by atoms with Crippen molar-refractivity contribution in [2.45, 2.75) is 53.4 Å². The standard InChI is InChI=1S/C28H33N5O2/c1-5-19-11-12-23(31-25-13-18(4)29-17-30-25)15-24(19)32-28(35)22-14-26(34)33(16-22)27-20(6-2)9-8-10-21(27)7-3/h8-13,15,17,22H,5-7,14,16H2,1-4H3,(H,32,35)(H,29,30,31). The van der Waals surface area contributed by atoms with Gasteiger partial charge in [-0.2, -0.15) is 0 Å². The van der Waals surface area contributed by atoms with Gasteiger partial charge in [-0.3, -0.25) is 9.59 Å². The summed E-state index contributed by atoms with van der Waals surface area (Å²) in [5, 5.41) is 6.38. The number of benzene rings is 2. The topological polar surface area (TPSA) is 87.2 Å². The Bertz CT molecular complexity index is 1220. The third kappa shape index (κ3) is 5.34. The lowest BCUT2D eigenvalue weighted by atomic mass is 10.0. The summed E-state index contributed by atoms with van der Waals surface area (Å²) in [6.45, 7) is 8.56. The van der Waals surface area contributed by atoms with E-state index < -0.39 is 5.92 Å². The van der Waals surface area contributed by atoms with Gasteiger partial charge in [-0.1, -0.05) is 45.0 Å². The molecule has 2 heterocycles. The minimum absolute atomic E-state index is 0.00557. The molecule has 2 aromatic carbocycles. The summed E-state index contributed by atoms with van der Waals surface area (Å²) in [6.07, 6.45) is 4.20. The predicted octanol–water partition coefficient (Wildman–Crippen LogP) is 5.21.